The van der Waals surface area contributed by atoms with Gasteiger partial charge in [-0.25, -0.2) is 19.7 Å². The van der Waals surface area contributed by atoms with Crippen LogP contribution in [0.1, 0.15) is 69.7 Å². The summed E-state index contributed by atoms with van der Waals surface area (Å²) in [7, 11) is 0. The Morgan fingerprint density at radius 1 is 1.04 bits per heavy atom. The number of aromatic nitrogens is 6. The number of hydrogen-bond donors (Lipinski definition) is 2. The van der Waals surface area contributed by atoms with E-state index in [1.165, 1.54) is 11.8 Å². The number of amides is 1. The fourth-order valence-electron chi connectivity index (χ4n) is 6.14. The average Bonchev–Trinajstić information content (AvgIpc) is 3.72. The molecule has 0 fully saturated rings. The fourth-order valence-corrected chi connectivity index (χ4v) is 6.14. The standard InChI is InChI=1S/C33H39N7O6/c1-5-10-28-34-27-17-18-40(21(4)41)33(31(42)43,20-45-32(44)46-24(6-2)7-3)29(27)39(28)19-22-13-15-23(16-14-22)25-11-8-9-12-26(25)30-35-37-38-36-30/h8-9,11-16,24H,5-7,10,17-20H2,1-4H3,(H,42,43)(H,35,36,37,38). The van der Waals surface area contributed by atoms with Gasteiger partial charge in [0.25, 0.3) is 0 Å². The first-order chi connectivity index (χ1) is 22.2. The molecule has 1 aliphatic rings. The first-order valence-electron chi connectivity index (χ1n) is 15.6. The molecule has 2 aromatic carbocycles. The van der Waals surface area contributed by atoms with Crippen LogP contribution in [0.5, 0.6) is 0 Å². The van der Waals surface area contributed by atoms with E-state index in [-0.39, 0.29) is 12.6 Å². The number of tetrazole rings is 1. The largest absolute Gasteiger partial charge is 0.508 e. The number of aromatic amines is 1. The van der Waals surface area contributed by atoms with E-state index in [1.807, 2.05) is 73.9 Å². The molecule has 46 heavy (non-hydrogen) atoms. The number of carboxylic acids is 1. The van der Waals surface area contributed by atoms with Gasteiger partial charge in [0.05, 0.1) is 11.4 Å². The van der Waals surface area contributed by atoms with E-state index in [9.17, 15) is 19.5 Å². The van der Waals surface area contributed by atoms with Crippen molar-refractivity contribution in [3.05, 3.63) is 71.3 Å². The van der Waals surface area contributed by atoms with E-state index in [2.05, 4.69) is 20.6 Å². The molecule has 2 aromatic heterocycles. The van der Waals surface area contributed by atoms with E-state index in [1.54, 1.807) is 0 Å². The molecule has 0 saturated heterocycles. The molecule has 3 heterocycles. The predicted octanol–water partition coefficient (Wildman–Crippen LogP) is 4.76. The number of aryl methyl sites for hydroxylation is 1. The highest BCUT2D eigenvalue weighted by Crippen LogP contribution is 2.39. The van der Waals surface area contributed by atoms with Crippen LogP contribution >= 0.6 is 0 Å². The maximum Gasteiger partial charge on any atom is 0.508 e. The summed E-state index contributed by atoms with van der Waals surface area (Å²) < 4.78 is 12.8. The van der Waals surface area contributed by atoms with Gasteiger partial charge in [0.1, 0.15) is 18.5 Å². The first-order valence-corrected chi connectivity index (χ1v) is 15.6. The minimum atomic E-state index is -1.99. The smallest absolute Gasteiger partial charge is 0.479 e. The third-order valence-electron chi connectivity index (χ3n) is 8.46. The van der Waals surface area contributed by atoms with Crippen LogP contribution in [-0.4, -0.2) is 77.5 Å². The molecule has 0 saturated carbocycles. The zero-order valence-electron chi connectivity index (χ0n) is 26.5. The molecule has 1 aliphatic heterocycles. The van der Waals surface area contributed by atoms with Gasteiger partial charge in [0.2, 0.25) is 11.4 Å². The third kappa shape index (κ3) is 6.22. The molecule has 242 valence electrons. The highest BCUT2D eigenvalue weighted by molar-refractivity contribution is 5.88. The Kier molecular flexibility index (Phi) is 9.78. The number of carbonyl (C=O) groups is 3. The molecule has 13 nitrogen and oxygen atoms in total. The normalized spacial score (nSPS) is 15.9. The first kappa shape index (κ1) is 32.3. The molecule has 13 heteroatoms. The van der Waals surface area contributed by atoms with E-state index < -0.39 is 30.2 Å². The van der Waals surface area contributed by atoms with Crippen LogP contribution in [0.3, 0.4) is 0 Å². The summed E-state index contributed by atoms with van der Waals surface area (Å²) in [6.07, 6.45) is 1.60. The van der Waals surface area contributed by atoms with Crippen molar-refractivity contribution in [2.45, 2.75) is 78.0 Å². The number of rotatable bonds is 12. The van der Waals surface area contributed by atoms with Gasteiger partial charge in [0.15, 0.2) is 5.82 Å². The van der Waals surface area contributed by atoms with Gasteiger partial charge in [-0.05, 0) is 46.4 Å². The summed E-state index contributed by atoms with van der Waals surface area (Å²) in [4.78, 5) is 45.2. The van der Waals surface area contributed by atoms with Crippen molar-refractivity contribution in [3.63, 3.8) is 0 Å². The molecule has 0 radical (unpaired) electrons. The second kappa shape index (κ2) is 13.9. The SMILES string of the molecule is CCCc1nc2c(n1Cc1ccc(-c3ccccc3-c3nnn[nH]3)cc1)C(COC(=O)OC(CC)CC)(C(=O)O)N(C(C)=O)CC2. The topological polar surface area (TPSA) is 165 Å². The lowest BCUT2D eigenvalue weighted by Gasteiger charge is -2.43. The van der Waals surface area contributed by atoms with Crippen LogP contribution in [0.4, 0.5) is 4.79 Å². The number of nitrogens with zero attached hydrogens (tertiary/aromatic N) is 6. The summed E-state index contributed by atoms with van der Waals surface area (Å²) in [6.45, 7) is 6.93. The number of carboxylic acid groups (broad SMARTS) is 1. The molecule has 5 rings (SSSR count). The molecule has 2 N–H and O–H groups in total. The fraction of sp³-hybridized carbons (Fsp3) is 0.424. The number of imidazole rings is 1. The van der Waals surface area contributed by atoms with Crippen LogP contribution in [0.25, 0.3) is 22.5 Å². The Morgan fingerprint density at radius 3 is 2.37 bits per heavy atom. The maximum atomic E-state index is 13.3. The van der Waals surface area contributed by atoms with Gasteiger partial charge in [0, 0.05) is 38.4 Å². The lowest BCUT2D eigenvalue weighted by Crippen LogP contribution is -2.61. The lowest BCUT2D eigenvalue weighted by molar-refractivity contribution is -0.165. The minimum Gasteiger partial charge on any atom is -0.479 e. The number of benzene rings is 2. The van der Waals surface area contributed by atoms with Crippen LogP contribution in [-0.2, 0) is 44.0 Å². The quantitative estimate of drug-likeness (QED) is 0.209. The van der Waals surface area contributed by atoms with Crippen LogP contribution < -0.4 is 0 Å². The van der Waals surface area contributed by atoms with E-state index >= 15 is 0 Å². The van der Waals surface area contributed by atoms with Crippen molar-refractivity contribution in [2.75, 3.05) is 13.2 Å². The molecular weight excluding hydrogens is 590 g/mol. The lowest BCUT2D eigenvalue weighted by atomic mass is 9.86. The van der Waals surface area contributed by atoms with Gasteiger partial charge in [-0.3, -0.25) is 4.79 Å². The zero-order valence-corrected chi connectivity index (χ0v) is 26.5. The number of hydrogen-bond acceptors (Lipinski definition) is 9. The number of nitrogens with one attached hydrogen (secondary N) is 1. The van der Waals surface area contributed by atoms with Crippen LogP contribution in [0.2, 0.25) is 0 Å². The molecule has 1 amide bonds. The summed E-state index contributed by atoms with van der Waals surface area (Å²) in [6, 6.07) is 15.7. The Morgan fingerprint density at radius 2 is 1.76 bits per heavy atom. The molecule has 0 spiro atoms. The van der Waals surface area contributed by atoms with Crippen molar-refractivity contribution in [3.8, 4) is 22.5 Å². The van der Waals surface area contributed by atoms with Crippen molar-refractivity contribution in [2.24, 2.45) is 0 Å². The summed E-state index contributed by atoms with van der Waals surface area (Å²) in [5.41, 5.74) is 2.57. The molecule has 0 bridgehead atoms. The second-order valence-corrected chi connectivity index (χ2v) is 11.3. The minimum absolute atomic E-state index is 0.122. The number of carbonyl (C=O) groups excluding carboxylic acids is 2. The molecule has 0 aliphatic carbocycles. The molecule has 1 unspecified atom stereocenters. The van der Waals surface area contributed by atoms with Gasteiger partial charge in [-0.1, -0.05) is 69.3 Å². The summed E-state index contributed by atoms with van der Waals surface area (Å²) >= 11 is 0. The number of H-pyrrole nitrogens is 1. The molecule has 4 aromatic rings. The van der Waals surface area contributed by atoms with Crippen LogP contribution in [0.15, 0.2) is 48.5 Å². The molecule has 1 atom stereocenters. The highest BCUT2D eigenvalue weighted by atomic mass is 16.7. The van der Waals surface area contributed by atoms with E-state index in [0.29, 0.717) is 55.3 Å². The van der Waals surface area contributed by atoms with Gasteiger partial charge in [-0.15, -0.1) is 5.10 Å². The highest BCUT2D eigenvalue weighted by Gasteiger charge is 2.55. The third-order valence-corrected chi connectivity index (χ3v) is 8.46. The summed E-state index contributed by atoms with van der Waals surface area (Å²) in [5, 5.41) is 25.1. The van der Waals surface area contributed by atoms with Gasteiger partial charge >= 0.3 is 12.1 Å². The van der Waals surface area contributed by atoms with E-state index in [0.717, 1.165) is 28.7 Å². The van der Waals surface area contributed by atoms with E-state index in [4.69, 9.17) is 14.5 Å². The zero-order chi connectivity index (χ0) is 32.8. The van der Waals surface area contributed by atoms with Crippen molar-refractivity contribution in [1.82, 2.24) is 35.1 Å². The Hall–Kier alpha value is -5.07. The van der Waals surface area contributed by atoms with Crippen LogP contribution in [0, 0.1) is 0 Å². The predicted molar refractivity (Wildman–Crippen MR) is 168 cm³/mol. The monoisotopic (exact) mass is 629 g/mol. The number of aliphatic carboxylic acids is 1. The van der Waals surface area contributed by atoms with Crippen molar-refractivity contribution < 1.29 is 29.0 Å². The summed E-state index contributed by atoms with van der Waals surface area (Å²) in [5.74, 6) is -0.493. The van der Waals surface area contributed by atoms with Gasteiger partial charge < -0.3 is 24.0 Å². The average molecular weight is 630 g/mol. The number of ether oxygens (including phenoxy) is 2. The number of fused-ring (bicyclic) bond motifs is 1. The van der Waals surface area contributed by atoms with Crippen molar-refractivity contribution >= 4 is 18.0 Å². The Balaban J connectivity index is 1.54. The molecular formula is C33H39N7O6. The Labute approximate surface area is 266 Å². The Bertz CT molecular complexity index is 1680. The van der Waals surface area contributed by atoms with Gasteiger partial charge in [-0.2, -0.15) is 0 Å². The maximum absolute atomic E-state index is 13.3. The van der Waals surface area contributed by atoms with Crippen molar-refractivity contribution in [1.29, 1.82) is 0 Å². The second-order valence-electron chi connectivity index (χ2n) is 11.3.